The Morgan fingerprint density at radius 2 is 1.56 bits per heavy atom. The van der Waals surface area contributed by atoms with Crippen molar-refractivity contribution < 1.29 is 19.1 Å². The summed E-state index contributed by atoms with van der Waals surface area (Å²) in [5, 5.41) is 8.74. The first-order valence-corrected chi connectivity index (χ1v) is 12.0. The molecule has 0 saturated carbocycles. The van der Waals surface area contributed by atoms with E-state index in [0.29, 0.717) is 23.4 Å². The molecular formula is C28H30N4O4. The van der Waals surface area contributed by atoms with E-state index in [-0.39, 0.29) is 30.4 Å². The van der Waals surface area contributed by atoms with Gasteiger partial charge < -0.3 is 25.6 Å². The third kappa shape index (κ3) is 6.70. The van der Waals surface area contributed by atoms with Crippen LogP contribution in [0.4, 0.5) is 17.1 Å². The highest BCUT2D eigenvalue weighted by molar-refractivity contribution is 6.06. The molecule has 0 aliphatic carbocycles. The lowest BCUT2D eigenvalue weighted by Gasteiger charge is -2.17. The summed E-state index contributed by atoms with van der Waals surface area (Å²) in [5.41, 5.74) is 3.21. The third-order valence-electron chi connectivity index (χ3n) is 5.98. The second-order valence-electron chi connectivity index (χ2n) is 8.60. The van der Waals surface area contributed by atoms with E-state index in [0.717, 1.165) is 30.8 Å². The molecule has 8 heteroatoms. The molecule has 1 atom stereocenters. The van der Waals surface area contributed by atoms with Crippen molar-refractivity contribution in [1.82, 2.24) is 5.32 Å². The Morgan fingerprint density at radius 1 is 0.889 bits per heavy atom. The quantitative estimate of drug-likeness (QED) is 0.426. The van der Waals surface area contributed by atoms with Crippen LogP contribution in [0.25, 0.3) is 0 Å². The molecule has 1 heterocycles. The van der Waals surface area contributed by atoms with Gasteiger partial charge in [0.05, 0.1) is 12.6 Å². The molecule has 3 amide bonds. The van der Waals surface area contributed by atoms with E-state index in [1.54, 1.807) is 60.5 Å². The number of nitrogens with zero attached hydrogens (tertiary/aromatic N) is 1. The summed E-state index contributed by atoms with van der Waals surface area (Å²) in [6, 6.07) is 23.2. The van der Waals surface area contributed by atoms with Crippen molar-refractivity contribution in [2.45, 2.75) is 18.9 Å². The highest BCUT2D eigenvalue weighted by atomic mass is 16.5. The van der Waals surface area contributed by atoms with Crippen LogP contribution in [0.3, 0.4) is 0 Å². The van der Waals surface area contributed by atoms with Crippen LogP contribution in [-0.2, 0) is 9.53 Å². The molecular weight excluding hydrogens is 456 g/mol. The maximum Gasteiger partial charge on any atom is 0.258 e. The summed E-state index contributed by atoms with van der Waals surface area (Å²) in [5.74, 6) is -0.508. The number of nitrogens with one attached hydrogen (secondary N) is 3. The number of rotatable bonds is 9. The molecule has 1 aliphatic rings. The van der Waals surface area contributed by atoms with Crippen molar-refractivity contribution >= 4 is 34.8 Å². The SMILES string of the molecule is CN(C(=O)c1ccc(NCC(=O)Nc2ccc(C(=O)NCC3CCCO3)cc2)cc1)c1ccccc1. The molecule has 1 saturated heterocycles. The zero-order valence-corrected chi connectivity index (χ0v) is 20.2. The lowest BCUT2D eigenvalue weighted by Crippen LogP contribution is -2.31. The normalized spacial score (nSPS) is 14.6. The average molecular weight is 487 g/mol. The van der Waals surface area contributed by atoms with E-state index in [4.69, 9.17) is 4.74 Å². The fourth-order valence-corrected chi connectivity index (χ4v) is 3.90. The minimum absolute atomic E-state index is 0.0564. The second-order valence-corrected chi connectivity index (χ2v) is 8.60. The minimum Gasteiger partial charge on any atom is -0.376 e. The van der Waals surface area contributed by atoms with Gasteiger partial charge in [-0.1, -0.05) is 18.2 Å². The van der Waals surface area contributed by atoms with Gasteiger partial charge >= 0.3 is 0 Å². The molecule has 8 nitrogen and oxygen atoms in total. The Bertz CT molecular complexity index is 1170. The Hall–Kier alpha value is -4.17. The van der Waals surface area contributed by atoms with Gasteiger partial charge in [0.15, 0.2) is 0 Å². The van der Waals surface area contributed by atoms with E-state index in [2.05, 4.69) is 16.0 Å². The summed E-state index contributed by atoms with van der Waals surface area (Å²) in [6.45, 7) is 1.31. The monoisotopic (exact) mass is 486 g/mol. The van der Waals surface area contributed by atoms with Crippen molar-refractivity contribution in [2.24, 2.45) is 0 Å². The predicted molar refractivity (Wildman–Crippen MR) is 140 cm³/mol. The highest BCUT2D eigenvalue weighted by Gasteiger charge is 2.17. The topological polar surface area (TPSA) is 99.8 Å². The fourth-order valence-electron chi connectivity index (χ4n) is 3.90. The van der Waals surface area contributed by atoms with Crippen molar-refractivity contribution in [1.29, 1.82) is 0 Å². The molecule has 4 rings (SSSR count). The number of carbonyl (C=O) groups is 3. The molecule has 3 N–H and O–H groups in total. The van der Waals surface area contributed by atoms with Gasteiger partial charge in [-0.15, -0.1) is 0 Å². The van der Waals surface area contributed by atoms with Crippen molar-refractivity contribution in [2.75, 3.05) is 42.3 Å². The van der Waals surface area contributed by atoms with Gasteiger partial charge in [-0.2, -0.15) is 0 Å². The van der Waals surface area contributed by atoms with Gasteiger partial charge in [0.25, 0.3) is 11.8 Å². The van der Waals surface area contributed by atoms with E-state index >= 15 is 0 Å². The number of benzene rings is 3. The van der Waals surface area contributed by atoms with Gasteiger partial charge in [-0.05, 0) is 73.5 Å². The molecule has 0 radical (unpaired) electrons. The number of hydrogen-bond donors (Lipinski definition) is 3. The molecule has 1 fully saturated rings. The number of anilines is 3. The standard InChI is InChI=1S/C28H30N4O4/c1-32(24-6-3-2-4-7-24)28(35)21-11-13-22(14-12-21)29-19-26(33)31-23-15-9-20(10-16-23)27(34)30-18-25-8-5-17-36-25/h2-4,6-7,9-16,25,29H,5,8,17-19H2,1H3,(H,30,34)(H,31,33). The second kappa shape index (κ2) is 12.0. The molecule has 0 bridgehead atoms. The maximum absolute atomic E-state index is 12.7. The largest absolute Gasteiger partial charge is 0.376 e. The van der Waals surface area contributed by atoms with Crippen LogP contribution >= 0.6 is 0 Å². The smallest absolute Gasteiger partial charge is 0.258 e. The number of ether oxygens (including phenoxy) is 1. The molecule has 1 aliphatic heterocycles. The van der Waals surface area contributed by atoms with Crippen LogP contribution in [0.15, 0.2) is 78.9 Å². The number of hydrogen-bond acceptors (Lipinski definition) is 5. The zero-order chi connectivity index (χ0) is 25.3. The fraction of sp³-hybridized carbons (Fsp3) is 0.250. The van der Waals surface area contributed by atoms with Gasteiger partial charge in [0.2, 0.25) is 5.91 Å². The first-order chi connectivity index (χ1) is 17.5. The number of para-hydroxylation sites is 1. The number of carbonyl (C=O) groups excluding carboxylic acids is 3. The lowest BCUT2D eigenvalue weighted by atomic mass is 10.1. The van der Waals surface area contributed by atoms with E-state index in [9.17, 15) is 14.4 Å². The Kier molecular flexibility index (Phi) is 8.31. The number of amides is 3. The van der Waals surface area contributed by atoms with Gasteiger partial charge in [-0.25, -0.2) is 0 Å². The molecule has 1 unspecified atom stereocenters. The van der Waals surface area contributed by atoms with Crippen molar-refractivity contribution in [3.05, 3.63) is 90.0 Å². The molecule has 186 valence electrons. The van der Waals surface area contributed by atoms with Gasteiger partial charge in [0.1, 0.15) is 0 Å². The van der Waals surface area contributed by atoms with Gasteiger partial charge in [-0.3, -0.25) is 14.4 Å². The van der Waals surface area contributed by atoms with Crippen LogP contribution in [0, 0.1) is 0 Å². The first-order valence-electron chi connectivity index (χ1n) is 12.0. The molecule has 36 heavy (non-hydrogen) atoms. The minimum atomic E-state index is -0.227. The molecule has 0 aromatic heterocycles. The van der Waals surface area contributed by atoms with Crippen LogP contribution in [0.1, 0.15) is 33.6 Å². The van der Waals surface area contributed by atoms with Crippen LogP contribution in [0.5, 0.6) is 0 Å². The Morgan fingerprint density at radius 3 is 2.22 bits per heavy atom. The maximum atomic E-state index is 12.7. The van der Waals surface area contributed by atoms with Crippen molar-refractivity contribution in [3.8, 4) is 0 Å². The van der Waals surface area contributed by atoms with E-state index in [1.807, 2.05) is 30.3 Å². The Balaban J connectivity index is 1.22. The van der Waals surface area contributed by atoms with E-state index < -0.39 is 0 Å². The Labute approximate surface area is 210 Å². The molecule has 0 spiro atoms. The summed E-state index contributed by atoms with van der Waals surface area (Å²) >= 11 is 0. The summed E-state index contributed by atoms with van der Waals surface area (Å²) in [6.07, 6.45) is 2.08. The summed E-state index contributed by atoms with van der Waals surface area (Å²) in [7, 11) is 1.73. The van der Waals surface area contributed by atoms with Crippen molar-refractivity contribution in [3.63, 3.8) is 0 Å². The zero-order valence-electron chi connectivity index (χ0n) is 20.2. The van der Waals surface area contributed by atoms with Crippen LogP contribution in [0.2, 0.25) is 0 Å². The van der Waals surface area contributed by atoms with E-state index in [1.165, 1.54) is 0 Å². The molecule has 3 aromatic rings. The van der Waals surface area contributed by atoms with Gasteiger partial charge in [0, 0.05) is 48.4 Å². The van der Waals surface area contributed by atoms with Crippen LogP contribution in [-0.4, -0.2) is 50.6 Å². The highest BCUT2D eigenvalue weighted by Crippen LogP contribution is 2.17. The third-order valence-corrected chi connectivity index (χ3v) is 5.98. The lowest BCUT2D eigenvalue weighted by molar-refractivity contribution is -0.114. The molecule has 3 aromatic carbocycles. The summed E-state index contributed by atoms with van der Waals surface area (Å²) < 4.78 is 5.51. The predicted octanol–water partition coefficient (Wildman–Crippen LogP) is 3.92. The summed E-state index contributed by atoms with van der Waals surface area (Å²) in [4.78, 5) is 38.9. The average Bonchev–Trinajstić information content (AvgIpc) is 3.45. The first kappa shape index (κ1) is 24.9. The van der Waals surface area contributed by atoms with Crippen LogP contribution < -0.4 is 20.9 Å².